The summed E-state index contributed by atoms with van der Waals surface area (Å²) in [6.45, 7) is 13.1. The zero-order chi connectivity index (χ0) is 26.5. The molecule has 5 rings (SSSR count). The third-order valence-corrected chi connectivity index (χ3v) is 8.50. The van der Waals surface area contributed by atoms with Crippen LogP contribution in [-0.2, 0) is 10.3 Å². The van der Waals surface area contributed by atoms with Crippen molar-refractivity contribution in [3.8, 4) is 0 Å². The highest BCUT2D eigenvalue weighted by Gasteiger charge is 2.34. The molecule has 1 aromatic carbocycles. The van der Waals surface area contributed by atoms with Gasteiger partial charge in [-0.05, 0) is 87.7 Å². The second-order valence-electron chi connectivity index (χ2n) is 12.4. The number of hydrogen-bond donors (Lipinski definition) is 1. The predicted octanol–water partition coefficient (Wildman–Crippen LogP) is 3.89. The lowest BCUT2D eigenvalue weighted by Gasteiger charge is -2.43. The summed E-state index contributed by atoms with van der Waals surface area (Å²) in [6, 6.07) is 9.04. The molecule has 0 spiro atoms. The van der Waals surface area contributed by atoms with Crippen LogP contribution in [-0.4, -0.2) is 92.7 Å². The number of nitrogens with zero attached hydrogens (tertiary/aromatic N) is 7. The SMILES string of the molecule is CC(C)(C)n1nnnc1C(c1ccc(NC(=O)CN2CCCCC2)cc1)N1CCN(C2CCCCC2)CC1. The number of hydrogen-bond acceptors (Lipinski definition) is 7. The lowest BCUT2D eigenvalue weighted by molar-refractivity contribution is -0.117. The number of tetrazole rings is 1. The number of carbonyl (C=O) groups is 1. The van der Waals surface area contributed by atoms with Gasteiger partial charge in [-0.1, -0.05) is 37.8 Å². The molecule has 1 amide bonds. The molecule has 2 aromatic rings. The van der Waals surface area contributed by atoms with Crippen molar-refractivity contribution in [2.24, 2.45) is 0 Å². The van der Waals surface area contributed by atoms with E-state index in [0.29, 0.717) is 6.54 Å². The van der Waals surface area contributed by atoms with Gasteiger partial charge in [0.1, 0.15) is 0 Å². The maximum Gasteiger partial charge on any atom is 0.238 e. The van der Waals surface area contributed by atoms with Gasteiger partial charge in [0, 0.05) is 37.9 Å². The molecule has 9 heteroatoms. The number of piperidine rings is 1. The van der Waals surface area contributed by atoms with Crippen LogP contribution in [0.15, 0.2) is 24.3 Å². The molecule has 0 radical (unpaired) electrons. The molecule has 38 heavy (non-hydrogen) atoms. The zero-order valence-electron chi connectivity index (χ0n) is 23.6. The van der Waals surface area contributed by atoms with E-state index in [1.807, 2.05) is 16.8 Å². The number of benzene rings is 1. The molecule has 208 valence electrons. The van der Waals surface area contributed by atoms with Gasteiger partial charge in [-0.15, -0.1) is 5.10 Å². The summed E-state index contributed by atoms with van der Waals surface area (Å²) in [5.41, 5.74) is 1.78. The van der Waals surface area contributed by atoms with Crippen molar-refractivity contribution in [2.45, 2.75) is 89.8 Å². The van der Waals surface area contributed by atoms with Crippen LogP contribution < -0.4 is 5.32 Å². The molecule has 1 aliphatic carbocycles. The topological polar surface area (TPSA) is 82.4 Å². The van der Waals surface area contributed by atoms with E-state index in [1.54, 1.807) is 0 Å². The van der Waals surface area contributed by atoms with Gasteiger partial charge in [0.25, 0.3) is 0 Å². The Labute approximate surface area is 227 Å². The summed E-state index contributed by atoms with van der Waals surface area (Å²) in [5, 5.41) is 16.1. The van der Waals surface area contributed by atoms with Crippen LogP contribution in [0.5, 0.6) is 0 Å². The van der Waals surface area contributed by atoms with Crippen LogP contribution >= 0.6 is 0 Å². The van der Waals surface area contributed by atoms with E-state index in [0.717, 1.165) is 62.4 Å². The largest absolute Gasteiger partial charge is 0.325 e. The second-order valence-corrected chi connectivity index (χ2v) is 12.4. The molecule has 2 aliphatic heterocycles. The standard InChI is InChI=1S/C29H46N8O/c1-29(2,3)37-28(31-32-33-37)27(36-20-18-35(19-21-36)25-10-6-4-7-11-25)23-12-14-24(15-13-23)30-26(38)22-34-16-8-5-9-17-34/h12-15,25,27H,4-11,16-22H2,1-3H3,(H,30,38). The highest BCUT2D eigenvalue weighted by molar-refractivity contribution is 5.92. The van der Waals surface area contributed by atoms with Crippen molar-refractivity contribution < 1.29 is 4.79 Å². The highest BCUT2D eigenvalue weighted by Crippen LogP contribution is 2.32. The molecule has 1 unspecified atom stereocenters. The minimum Gasteiger partial charge on any atom is -0.325 e. The van der Waals surface area contributed by atoms with Crippen LogP contribution in [0.2, 0.25) is 0 Å². The first-order valence-electron chi connectivity index (χ1n) is 14.8. The van der Waals surface area contributed by atoms with Gasteiger partial charge in [-0.3, -0.25) is 19.5 Å². The van der Waals surface area contributed by atoms with Gasteiger partial charge in [0.05, 0.1) is 18.1 Å². The number of carbonyl (C=O) groups excluding carboxylic acids is 1. The monoisotopic (exact) mass is 522 g/mol. The van der Waals surface area contributed by atoms with Crippen LogP contribution in [0.25, 0.3) is 0 Å². The van der Waals surface area contributed by atoms with Crippen molar-refractivity contribution in [3.05, 3.63) is 35.7 Å². The molecule has 1 aromatic heterocycles. The lowest BCUT2D eigenvalue weighted by Crippen LogP contribution is -2.52. The van der Waals surface area contributed by atoms with E-state index < -0.39 is 0 Å². The Morgan fingerprint density at radius 3 is 2.24 bits per heavy atom. The molecule has 2 saturated heterocycles. The number of rotatable bonds is 7. The van der Waals surface area contributed by atoms with Crippen molar-refractivity contribution in [1.82, 2.24) is 34.9 Å². The molecular weight excluding hydrogens is 476 g/mol. The lowest BCUT2D eigenvalue weighted by atomic mass is 9.93. The first-order valence-corrected chi connectivity index (χ1v) is 14.8. The van der Waals surface area contributed by atoms with E-state index in [2.05, 4.69) is 68.4 Å². The minimum atomic E-state index is -0.219. The van der Waals surface area contributed by atoms with Gasteiger partial charge < -0.3 is 5.32 Å². The Balaban J connectivity index is 1.31. The average molecular weight is 523 g/mol. The zero-order valence-corrected chi connectivity index (χ0v) is 23.6. The number of amides is 1. The Morgan fingerprint density at radius 2 is 1.58 bits per heavy atom. The Hall–Kier alpha value is -2.36. The summed E-state index contributed by atoms with van der Waals surface area (Å²) in [4.78, 5) is 20.2. The number of aromatic nitrogens is 4. The summed E-state index contributed by atoms with van der Waals surface area (Å²) in [7, 11) is 0. The van der Waals surface area contributed by atoms with Crippen LogP contribution in [0.4, 0.5) is 5.69 Å². The van der Waals surface area contributed by atoms with E-state index >= 15 is 0 Å². The van der Waals surface area contributed by atoms with Gasteiger partial charge >= 0.3 is 0 Å². The number of likely N-dealkylation sites (tertiary alicyclic amines) is 1. The Kier molecular flexibility index (Phi) is 8.75. The predicted molar refractivity (Wildman–Crippen MR) is 150 cm³/mol. The molecule has 1 saturated carbocycles. The molecule has 1 atom stereocenters. The molecule has 3 aliphatic rings. The number of piperazine rings is 1. The second kappa shape index (κ2) is 12.2. The molecule has 3 heterocycles. The fourth-order valence-corrected chi connectivity index (χ4v) is 6.44. The first-order chi connectivity index (χ1) is 18.4. The molecule has 1 N–H and O–H groups in total. The van der Waals surface area contributed by atoms with Crippen LogP contribution in [0.3, 0.4) is 0 Å². The van der Waals surface area contributed by atoms with Gasteiger partial charge in [-0.25, -0.2) is 4.68 Å². The van der Waals surface area contributed by atoms with Crippen LogP contribution in [0.1, 0.15) is 89.6 Å². The smallest absolute Gasteiger partial charge is 0.238 e. The van der Waals surface area contributed by atoms with Gasteiger partial charge in [-0.2, -0.15) is 0 Å². The molecular formula is C29H46N8O. The highest BCUT2D eigenvalue weighted by atomic mass is 16.2. The fourth-order valence-electron chi connectivity index (χ4n) is 6.44. The van der Waals surface area contributed by atoms with Crippen LogP contribution in [0, 0.1) is 0 Å². The summed E-state index contributed by atoms with van der Waals surface area (Å²) in [5.74, 6) is 0.942. The number of anilines is 1. The quantitative estimate of drug-likeness (QED) is 0.591. The van der Waals surface area contributed by atoms with Gasteiger partial charge in [0.15, 0.2) is 5.82 Å². The minimum absolute atomic E-state index is 0.0316. The normalized spacial score (nSPS) is 21.9. The van der Waals surface area contributed by atoms with E-state index in [1.165, 1.54) is 51.4 Å². The summed E-state index contributed by atoms with van der Waals surface area (Å²) in [6.07, 6.45) is 10.5. The van der Waals surface area contributed by atoms with E-state index in [-0.39, 0.29) is 17.5 Å². The summed E-state index contributed by atoms with van der Waals surface area (Å²) >= 11 is 0. The van der Waals surface area contributed by atoms with E-state index in [9.17, 15) is 4.79 Å². The third kappa shape index (κ3) is 6.61. The molecule has 9 nitrogen and oxygen atoms in total. The van der Waals surface area contributed by atoms with Crippen molar-refractivity contribution >= 4 is 11.6 Å². The van der Waals surface area contributed by atoms with Gasteiger partial charge in [0.2, 0.25) is 5.91 Å². The first kappa shape index (κ1) is 27.2. The Bertz CT molecular complexity index is 1030. The average Bonchev–Trinajstić information content (AvgIpc) is 3.42. The molecule has 0 bridgehead atoms. The van der Waals surface area contributed by atoms with Crippen molar-refractivity contribution in [1.29, 1.82) is 0 Å². The molecule has 3 fully saturated rings. The van der Waals surface area contributed by atoms with Crippen molar-refractivity contribution in [2.75, 3.05) is 51.1 Å². The summed E-state index contributed by atoms with van der Waals surface area (Å²) < 4.78 is 1.97. The van der Waals surface area contributed by atoms with E-state index in [4.69, 9.17) is 0 Å². The van der Waals surface area contributed by atoms with Crippen molar-refractivity contribution in [3.63, 3.8) is 0 Å². The third-order valence-electron chi connectivity index (χ3n) is 8.50. The number of nitrogens with one attached hydrogen (secondary N) is 1. The maximum absolute atomic E-state index is 12.7. The maximum atomic E-state index is 12.7. The fraction of sp³-hybridized carbons (Fsp3) is 0.724. The Morgan fingerprint density at radius 1 is 0.921 bits per heavy atom.